The van der Waals surface area contributed by atoms with Crippen LogP contribution in [0, 0.1) is 17.1 Å². The number of nitrogens with zero attached hydrogens (tertiary/aromatic N) is 3. The van der Waals surface area contributed by atoms with E-state index in [0.29, 0.717) is 18.1 Å². The summed E-state index contributed by atoms with van der Waals surface area (Å²) in [5, 5.41) is 11.9. The van der Waals surface area contributed by atoms with Crippen molar-refractivity contribution in [2.24, 2.45) is 0 Å². The molecule has 1 heterocycles. The zero-order valence-electron chi connectivity index (χ0n) is 11.4. The van der Waals surface area contributed by atoms with Crippen LogP contribution in [0.25, 0.3) is 0 Å². The molecule has 0 radical (unpaired) electrons. The standard InChI is InChI=1S/C14H14FN5O/c1-2-5-21-14-12(17)13(18-8-19-14)20-11-4-3-10(15)6-9(11)7-16/h3-4,6,8H,2,5,17H2,1H3,(H,18,19,20). The normalized spacial score (nSPS) is 9.95. The topological polar surface area (TPSA) is 96.9 Å². The number of benzene rings is 1. The van der Waals surface area contributed by atoms with E-state index in [0.717, 1.165) is 12.5 Å². The highest BCUT2D eigenvalue weighted by molar-refractivity contribution is 5.74. The van der Waals surface area contributed by atoms with Crippen LogP contribution in [0.5, 0.6) is 5.88 Å². The van der Waals surface area contributed by atoms with E-state index in [-0.39, 0.29) is 17.1 Å². The Morgan fingerprint density at radius 1 is 1.43 bits per heavy atom. The Kier molecular flexibility index (Phi) is 4.51. The largest absolute Gasteiger partial charge is 0.476 e. The summed E-state index contributed by atoms with van der Waals surface area (Å²) in [4.78, 5) is 7.96. The number of rotatable bonds is 5. The number of ether oxygens (including phenoxy) is 1. The maximum atomic E-state index is 13.1. The number of nitrogens with two attached hydrogens (primary N) is 1. The van der Waals surface area contributed by atoms with Crippen LogP contribution in [0.4, 0.5) is 21.6 Å². The molecule has 0 aliphatic carbocycles. The van der Waals surface area contributed by atoms with Gasteiger partial charge >= 0.3 is 0 Å². The minimum atomic E-state index is -0.486. The van der Waals surface area contributed by atoms with Crippen molar-refractivity contribution in [3.8, 4) is 11.9 Å². The summed E-state index contributed by atoms with van der Waals surface area (Å²) in [5.41, 5.74) is 6.72. The molecular formula is C14H14FN5O. The van der Waals surface area contributed by atoms with E-state index < -0.39 is 5.82 Å². The predicted octanol–water partition coefficient (Wildman–Crippen LogP) is 2.60. The van der Waals surface area contributed by atoms with E-state index in [9.17, 15) is 4.39 Å². The molecule has 108 valence electrons. The van der Waals surface area contributed by atoms with Crippen LogP contribution in [-0.4, -0.2) is 16.6 Å². The summed E-state index contributed by atoms with van der Waals surface area (Å²) in [6.45, 7) is 2.45. The number of hydrogen-bond acceptors (Lipinski definition) is 6. The number of hydrogen-bond donors (Lipinski definition) is 2. The van der Waals surface area contributed by atoms with E-state index in [4.69, 9.17) is 15.7 Å². The second-order valence-electron chi connectivity index (χ2n) is 4.22. The average molecular weight is 287 g/mol. The number of anilines is 3. The van der Waals surface area contributed by atoms with Gasteiger partial charge in [-0.3, -0.25) is 0 Å². The Balaban J connectivity index is 2.30. The zero-order valence-corrected chi connectivity index (χ0v) is 11.4. The van der Waals surface area contributed by atoms with E-state index in [1.54, 1.807) is 0 Å². The van der Waals surface area contributed by atoms with Crippen molar-refractivity contribution in [1.82, 2.24) is 9.97 Å². The molecule has 0 atom stereocenters. The van der Waals surface area contributed by atoms with Crippen LogP contribution in [0.15, 0.2) is 24.5 Å². The van der Waals surface area contributed by atoms with Crippen molar-refractivity contribution in [1.29, 1.82) is 5.26 Å². The number of nitrogens with one attached hydrogen (secondary N) is 1. The molecule has 2 aromatic rings. The van der Waals surface area contributed by atoms with Gasteiger partial charge in [-0.15, -0.1) is 0 Å². The van der Waals surface area contributed by atoms with E-state index in [1.165, 1.54) is 18.5 Å². The smallest absolute Gasteiger partial charge is 0.242 e. The van der Waals surface area contributed by atoms with Crippen LogP contribution in [0.3, 0.4) is 0 Å². The molecule has 1 aromatic heterocycles. The summed E-state index contributed by atoms with van der Waals surface area (Å²) in [7, 11) is 0. The molecule has 7 heteroatoms. The molecule has 0 saturated heterocycles. The Labute approximate surface area is 121 Å². The summed E-state index contributed by atoms with van der Waals surface area (Å²) >= 11 is 0. The maximum Gasteiger partial charge on any atom is 0.242 e. The van der Waals surface area contributed by atoms with Gasteiger partial charge in [0.05, 0.1) is 17.9 Å². The van der Waals surface area contributed by atoms with Gasteiger partial charge in [-0.05, 0) is 24.6 Å². The molecule has 0 unspecified atom stereocenters. The zero-order chi connectivity index (χ0) is 15.2. The van der Waals surface area contributed by atoms with Crippen molar-refractivity contribution < 1.29 is 9.13 Å². The number of nitriles is 1. The predicted molar refractivity (Wildman–Crippen MR) is 76.6 cm³/mol. The lowest BCUT2D eigenvalue weighted by Crippen LogP contribution is -2.06. The highest BCUT2D eigenvalue weighted by Crippen LogP contribution is 2.28. The van der Waals surface area contributed by atoms with Gasteiger partial charge in [-0.2, -0.15) is 10.2 Å². The van der Waals surface area contributed by atoms with Gasteiger partial charge < -0.3 is 15.8 Å². The lowest BCUT2D eigenvalue weighted by Gasteiger charge is -2.12. The molecule has 2 rings (SSSR count). The Hall–Kier alpha value is -2.88. The summed E-state index contributed by atoms with van der Waals surface area (Å²) < 4.78 is 18.5. The second kappa shape index (κ2) is 6.52. The van der Waals surface area contributed by atoms with Gasteiger partial charge in [0.1, 0.15) is 23.9 Å². The number of halogens is 1. The van der Waals surface area contributed by atoms with Crippen LogP contribution in [0.1, 0.15) is 18.9 Å². The molecular weight excluding hydrogens is 273 g/mol. The molecule has 0 bridgehead atoms. The Morgan fingerprint density at radius 3 is 2.95 bits per heavy atom. The Bertz CT molecular complexity index is 684. The van der Waals surface area contributed by atoms with Crippen molar-refractivity contribution in [3.05, 3.63) is 35.9 Å². The minimum absolute atomic E-state index is 0.157. The third-order valence-electron chi connectivity index (χ3n) is 2.65. The van der Waals surface area contributed by atoms with E-state index >= 15 is 0 Å². The van der Waals surface area contributed by atoms with Crippen molar-refractivity contribution in [2.75, 3.05) is 17.7 Å². The Morgan fingerprint density at radius 2 is 2.24 bits per heavy atom. The average Bonchev–Trinajstić information content (AvgIpc) is 2.49. The number of aromatic nitrogens is 2. The van der Waals surface area contributed by atoms with E-state index in [2.05, 4.69) is 15.3 Å². The van der Waals surface area contributed by atoms with Gasteiger partial charge in [-0.1, -0.05) is 6.92 Å². The third kappa shape index (κ3) is 3.36. The van der Waals surface area contributed by atoms with Gasteiger partial charge in [0.25, 0.3) is 0 Å². The van der Waals surface area contributed by atoms with Crippen LogP contribution in [-0.2, 0) is 0 Å². The first kappa shape index (κ1) is 14.5. The molecule has 0 aliphatic heterocycles. The molecule has 0 aliphatic rings. The third-order valence-corrected chi connectivity index (χ3v) is 2.65. The molecule has 0 fully saturated rings. The van der Waals surface area contributed by atoms with Gasteiger partial charge in [0.15, 0.2) is 5.82 Å². The van der Waals surface area contributed by atoms with Gasteiger partial charge in [0.2, 0.25) is 5.88 Å². The fourth-order valence-corrected chi connectivity index (χ4v) is 1.64. The first-order valence-corrected chi connectivity index (χ1v) is 6.35. The number of nitrogen functional groups attached to an aromatic ring is 1. The monoisotopic (exact) mass is 287 g/mol. The molecule has 3 N–H and O–H groups in total. The lowest BCUT2D eigenvalue weighted by atomic mass is 10.2. The minimum Gasteiger partial charge on any atom is -0.476 e. The molecule has 0 spiro atoms. The van der Waals surface area contributed by atoms with Crippen LogP contribution in [0.2, 0.25) is 0 Å². The molecule has 0 saturated carbocycles. The summed E-state index contributed by atoms with van der Waals surface area (Å²) in [6, 6.07) is 5.73. The molecule has 6 nitrogen and oxygen atoms in total. The first-order valence-electron chi connectivity index (χ1n) is 6.35. The fourth-order valence-electron chi connectivity index (χ4n) is 1.64. The maximum absolute atomic E-state index is 13.1. The SMILES string of the molecule is CCCOc1ncnc(Nc2ccc(F)cc2C#N)c1N. The van der Waals surface area contributed by atoms with Crippen molar-refractivity contribution in [2.45, 2.75) is 13.3 Å². The molecule has 1 aromatic carbocycles. The summed E-state index contributed by atoms with van der Waals surface area (Å²) in [5.74, 6) is 0.0916. The van der Waals surface area contributed by atoms with Crippen LogP contribution < -0.4 is 15.8 Å². The van der Waals surface area contributed by atoms with Gasteiger partial charge in [-0.25, -0.2) is 9.37 Å². The second-order valence-corrected chi connectivity index (χ2v) is 4.22. The molecule has 21 heavy (non-hydrogen) atoms. The van der Waals surface area contributed by atoms with E-state index in [1.807, 2.05) is 13.0 Å². The summed E-state index contributed by atoms with van der Waals surface area (Å²) in [6.07, 6.45) is 2.13. The van der Waals surface area contributed by atoms with Crippen LogP contribution >= 0.6 is 0 Å². The van der Waals surface area contributed by atoms with Crippen molar-refractivity contribution in [3.63, 3.8) is 0 Å². The lowest BCUT2D eigenvalue weighted by molar-refractivity contribution is 0.307. The molecule has 0 amide bonds. The fraction of sp³-hybridized carbons (Fsp3) is 0.214. The van der Waals surface area contributed by atoms with Crippen molar-refractivity contribution >= 4 is 17.2 Å². The highest BCUT2D eigenvalue weighted by Gasteiger charge is 2.11. The highest BCUT2D eigenvalue weighted by atomic mass is 19.1. The first-order chi connectivity index (χ1) is 10.2. The quantitative estimate of drug-likeness (QED) is 0.877. The van der Waals surface area contributed by atoms with Gasteiger partial charge in [0, 0.05) is 0 Å².